The number of aromatic carboxylic acids is 1. The number of amides is 1. The molecule has 0 fully saturated rings. The van der Waals surface area contributed by atoms with Crippen LogP contribution in [0.5, 0.6) is 5.75 Å². The third-order valence-corrected chi connectivity index (χ3v) is 11.3. The molecule has 0 spiro atoms. The largest absolute Gasteiger partial charge is 0.494 e. The Bertz CT molecular complexity index is 2410. The Labute approximate surface area is 306 Å². The van der Waals surface area contributed by atoms with Crippen molar-refractivity contribution in [3.8, 4) is 16.9 Å². The molecule has 0 bridgehead atoms. The number of carboxylic acid groups (broad SMARTS) is 1. The van der Waals surface area contributed by atoms with Crippen molar-refractivity contribution in [3.63, 3.8) is 0 Å². The molecule has 1 unspecified atom stereocenters. The Morgan fingerprint density at radius 1 is 0.961 bits per heavy atom. The Morgan fingerprint density at radius 3 is 2.31 bits per heavy atom. The second-order valence-corrected chi connectivity index (χ2v) is 14.6. The van der Waals surface area contributed by atoms with E-state index in [1.165, 1.54) is 0 Å². The maximum Gasteiger partial charge on any atom is 0.352 e. The summed E-state index contributed by atoms with van der Waals surface area (Å²) in [7, 11) is 3.67. The monoisotopic (exact) mass is 725 g/mol. The summed E-state index contributed by atoms with van der Waals surface area (Å²) in [6, 6.07) is 13.2. The summed E-state index contributed by atoms with van der Waals surface area (Å²) < 4.78 is 11.9. The predicted molar refractivity (Wildman–Crippen MR) is 204 cm³/mol. The molecule has 1 aliphatic rings. The van der Waals surface area contributed by atoms with Crippen LogP contribution in [0, 0.1) is 34.6 Å². The second-order valence-electron chi connectivity index (χ2n) is 13.8. The van der Waals surface area contributed by atoms with E-state index >= 15 is 4.79 Å². The number of nitrogens with zero attached hydrogens (tertiary/aromatic N) is 5. The lowest BCUT2D eigenvalue weighted by Gasteiger charge is -2.35. The summed E-state index contributed by atoms with van der Waals surface area (Å²) in [5.74, 6) is -0.397. The smallest absolute Gasteiger partial charge is 0.352 e. The average molecular weight is 727 g/mol. The SMILES string of the molecule is Cc1cc(OCCCc2c3n(c4c(-c5c(C)nn(C)c5C)c(Cl)ccc24)C(C)CN(c2c(C)ccc4cc(C(=O)O)n(C)c24)C3=O)cc(C)c1Cl. The van der Waals surface area contributed by atoms with Gasteiger partial charge in [0.15, 0.2) is 0 Å². The third kappa shape index (κ3) is 5.49. The molecule has 0 saturated heterocycles. The van der Waals surface area contributed by atoms with Crippen molar-refractivity contribution in [2.75, 3.05) is 18.1 Å². The first-order valence-electron chi connectivity index (χ1n) is 17.1. The Hall–Kier alpha value is -4.73. The van der Waals surface area contributed by atoms with Gasteiger partial charge in [-0.15, -0.1) is 0 Å². The number of halogens is 2. The third-order valence-electron chi connectivity index (χ3n) is 10.4. The predicted octanol–water partition coefficient (Wildman–Crippen LogP) is 9.31. The zero-order valence-electron chi connectivity index (χ0n) is 30.1. The van der Waals surface area contributed by atoms with Crippen LogP contribution in [0.15, 0.2) is 42.5 Å². The first-order chi connectivity index (χ1) is 24.2. The highest BCUT2D eigenvalue weighted by molar-refractivity contribution is 6.35. The molecule has 0 saturated carbocycles. The summed E-state index contributed by atoms with van der Waals surface area (Å²) in [5, 5.41) is 17.7. The molecular formula is C40H41Cl2N5O4. The molecule has 6 aromatic rings. The molecule has 1 atom stereocenters. The van der Waals surface area contributed by atoms with Crippen LogP contribution in [0.4, 0.5) is 5.69 Å². The molecule has 7 rings (SSSR count). The van der Waals surface area contributed by atoms with Crippen molar-refractivity contribution in [3.05, 3.63) is 97.5 Å². The fourth-order valence-electron chi connectivity index (χ4n) is 8.00. The number of benzene rings is 3. The lowest BCUT2D eigenvalue weighted by atomic mass is 9.98. The number of rotatable bonds is 8. The van der Waals surface area contributed by atoms with Gasteiger partial charge in [0.2, 0.25) is 0 Å². The Morgan fingerprint density at radius 2 is 1.67 bits per heavy atom. The number of hydrogen-bond donors (Lipinski definition) is 1. The number of carboxylic acids is 1. The van der Waals surface area contributed by atoms with Crippen molar-refractivity contribution in [1.29, 1.82) is 0 Å². The van der Waals surface area contributed by atoms with Crippen LogP contribution in [-0.2, 0) is 20.5 Å². The van der Waals surface area contributed by atoms with Gasteiger partial charge < -0.3 is 23.9 Å². The fraction of sp³-hybridized carbons (Fsp3) is 0.325. The van der Waals surface area contributed by atoms with Gasteiger partial charge in [-0.3, -0.25) is 9.48 Å². The molecule has 3 aromatic carbocycles. The van der Waals surface area contributed by atoms with Gasteiger partial charge in [0, 0.05) is 59.3 Å². The van der Waals surface area contributed by atoms with E-state index in [2.05, 4.69) is 11.5 Å². The van der Waals surface area contributed by atoms with Crippen LogP contribution in [0.2, 0.25) is 10.0 Å². The van der Waals surface area contributed by atoms with Gasteiger partial charge in [0.25, 0.3) is 5.91 Å². The molecule has 0 aliphatic carbocycles. The van der Waals surface area contributed by atoms with Gasteiger partial charge >= 0.3 is 5.97 Å². The van der Waals surface area contributed by atoms with E-state index in [9.17, 15) is 9.90 Å². The number of carbonyl (C=O) groups excluding carboxylic acids is 1. The first-order valence-corrected chi connectivity index (χ1v) is 17.9. The lowest BCUT2D eigenvalue weighted by Crippen LogP contribution is -2.43. The van der Waals surface area contributed by atoms with E-state index in [0.717, 1.165) is 77.5 Å². The van der Waals surface area contributed by atoms with Crippen molar-refractivity contribution in [2.45, 2.75) is 60.4 Å². The highest BCUT2D eigenvalue weighted by Crippen LogP contribution is 2.46. The van der Waals surface area contributed by atoms with Gasteiger partial charge in [-0.25, -0.2) is 4.79 Å². The van der Waals surface area contributed by atoms with Crippen LogP contribution in [0.3, 0.4) is 0 Å². The normalized spacial score (nSPS) is 14.6. The van der Waals surface area contributed by atoms with Crippen molar-refractivity contribution in [1.82, 2.24) is 18.9 Å². The number of carbonyl (C=O) groups is 2. The maximum absolute atomic E-state index is 15.1. The Balaban J connectivity index is 1.40. The summed E-state index contributed by atoms with van der Waals surface area (Å²) in [6.45, 7) is 12.9. The number of aromatic nitrogens is 4. The lowest BCUT2D eigenvalue weighted by molar-refractivity contribution is 0.0687. The van der Waals surface area contributed by atoms with Crippen LogP contribution < -0.4 is 9.64 Å². The standard InChI is InChI=1S/C40H41Cl2N5O4/c1-20-11-12-26-18-31(40(49)50)44(7)36(26)35(20)46-19-23(4)47-37-29(13-14-30(41)33(37)32-24(5)43-45(8)25(32)6)28(38(47)39(46)48)10-9-15-51-27-16-21(2)34(42)22(3)17-27/h11-14,16-18,23H,9-10,15,19H2,1-8H3,(H,49,50). The highest BCUT2D eigenvalue weighted by atomic mass is 35.5. The number of ether oxygens (including phenoxy) is 1. The van der Waals surface area contributed by atoms with Crippen LogP contribution in [0.1, 0.15) is 74.0 Å². The molecule has 51 heavy (non-hydrogen) atoms. The zero-order chi connectivity index (χ0) is 36.6. The summed E-state index contributed by atoms with van der Waals surface area (Å²) in [6.07, 6.45) is 1.24. The number of anilines is 1. The van der Waals surface area contributed by atoms with Crippen LogP contribution >= 0.6 is 23.2 Å². The molecule has 1 aliphatic heterocycles. The zero-order valence-corrected chi connectivity index (χ0v) is 31.6. The molecule has 0 radical (unpaired) electrons. The number of aryl methyl sites for hydroxylation is 7. The van der Waals surface area contributed by atoms with E-state index in [0.29, 0.717) is 42.2 Å². The minimum atomic E-state index is -1.02. The quantitative estimate of drug-likeness (QED) is 0.158. The van der Waals surface area contributed by atoms with Crippen LogP contribution in [-0.4, -0.2) is 49.0 Å². The van der Waals surface area contributed by atoms with Gasteiger partial charge in [-0.05, 0) is 101 Å². The fourth-order valence-corrected chi connectivity index (χ4v) is 8.35. The minimum absolute atomic E-state index is 0.139. The van der Waals surface area contributed by atoms with E-state index < -0.39 is 5.97 Å². The molecule has 1 N–H and O–H groups in total. The molecule has 9 nitrogen and oxygen atoms in total. The van der Waals surface area contributed by atoms with Crippen molar-refractivity contribution in [2.24, 2.45) is 14.1 Å². The average Bonchev–Trinajstić information content (AvgIpc) is 3.68. The summed E-state index contributed by atoms with van der Waals surface area (Å²) in [5.41, 5.74) is 10.5. The molecule has 11 heteroatoms. The molecule has 1 amide bonds. The molecule has 264 valence electrons. The number of hydrogen-bond acceptors (Lipinski definition) is 4. The van der Waals surface area contributed by atoms with Gasteiger partial charge in [-0.1, -0.05) is 41.4 Å². The van der Waals surface area contributed by atoms with E-state index in [4.69, 9.17) is 33.0 Å². The van der Waals surface area contributed by atoms with Crippen LogP contribution in [0.25, 0.3) is 32.9 Å². The second kappa shape index (κ2) is 12.8. The van der Waals surface area contributed by atoms with Gasteiger partial charge in [-0.2, -0.15) is 5.10 Å². The molecule has 3 aromatic heterocycles. The Kier molecular flexibility index (Phi) is 8.71. The first kappa shape index (κ1) is 34.7. The van der Waals surface area contributed by atoms with E-state index in [-0.39, 0.29) is 17.6 Å². The molecule has 4 heterocycles. The van der Waals surface area contributed by atoms with Gasteiger partial charge in [0.1, 0.15) is 17.1 Å². The topological polar surface area (TPSA) is 94.5 Å². The maximum atomic E-state index is 15.1. The van der Waals surface area contributed by atoms with E-state index in [1.54, 1.807) is 17.7 Å². The van der Waals surface area contributed by atoms with E-state index in [1.807, 2.05) is 87.6 Å². The summed E-state index contributed by atoms with van der Waals surface area (Å²) in [4.78, 5) is 29.1. The summed E-state index contributed by atoms with van der Waals surface area (Å²) >= 11 is 13.5. The van der Waals surface area contributed by atoms with Crippen molar-refractivity contribution < 1.29 is 19.4 Å². The van der Waals surface area contributed by atoms with Crippen molar-refractivity contribution >= 4 is 62.6 Å². The minimum Gasteiger partial charge on any atom is -0.494 e. The molecular weight excluding hydrogens is 685 g/mol. The van der Waals surface area contributed by atoms with Gasteiger partial charge in [0.05, 0.1) is 34.0 Å². The highest BCUT2D eigenvalue weighted by Gasteiger charge is 2.38. The number of fused-ring (bicyclic) bond motifs is 4.